The lowest BCUT2D eigenvalue weighted by Gasteiger charge is -2.37. The average Bonchev–Trinajstić information content (AvgIpc) is 3.34. The number of amides is 4. The number of rotatable bonds is 5. The van der Waals surface area contributed by atoms with Crippen LogP contribution in [0.15, 0.2) is 35.4 Å². The van der Waals surface area contributed by atoms with Gasteiger partial charge >= 0.3 is 12.0 Å². The molecule has 2 unspecified atom stereocenters. The molecule has 10 heteroatoms. The van der Waals surface area contributed by atoms with Gasteiger partial charge in [0.25, 0.3) is 5.91 Å². The molecule has 0 N–H and O–H groups in total. The van der Waals surface area contributed by atoms with Gasteiger partial charge < -0.3 is 14.5 Å². The minimum atomic E-state index is -0.720. The third-order valence-electron chi connectivity index (χ3n) is 5.76. The van der Waals surface area contributed by atoms with E-state index in [-0.39, 0.29) is 43.1 Å². The van der Waals surface area contributed by atoms with Gasteiger partial charge in [-0.3, -0.25) is 19.5 Å². The summed E-state index contributed by atoms with van der Waals surface area (Å²) in [5.41, 5.74) is 0.870. The van der Waals surface area contributed by atoms with Crippen molar-refractivity contribution < 1.29 is 23.9 Å². The van der Waals surface area contributed by atoms with E-state index in [0.717, 1.165) is 0 Å². The molecule has 0 aromatic heterocycles. The predicted molar refractivity (Wildman–Crippen MR) is 111 cm³/mol. The van der Waals surface area contributed by atoms with Crippen molar-refractivity contribution in [3.05, 3.63) is 30.3 Å². The van der Waals surface area contributed by atoms with Gasteiger partial charge in [0.1, 0.15) is 17.8 Å². The highest BCUT2D eigenvalue weighted by Crippen LogP contribution is 2.28. The molecule has 3 aliphatic heterocycles. The highest BCUT2D eigenvalue weighted by atomic mass is 16.5. The number of likely N-dealkylation sites (N-methyl/N-ethyl adjacent to an activating group) is 1. The number of hydrazone groups is 1. The summed E-state index contributed by atoms with van der Waals surface area (Å²) in [6, 6.07) is 7.45. The number of hydrogen-bond donors (Lipinski definition) is 0. The monoisotopic (exact) mass is 427 g/mol. The van der Waals surface area contributed by atoms with Gasteiger partial charge in [-0.2, -0.15) is 5.10 Å². The molecule has 4 rings (SSSR count). The summed E-state index contributed by atoms with van der Waals surface area (Å²) in [6.45, 7) is 4.73. The van der Waals surface area contributed by atoms with Crippen LogP contribution in [0, 0.1) is 0 Å². The molecule has 0 radical (unpaired) electrons. The first-order chi connectivity index (χ1) is 15.0. The Bertz CT molecular complexity index is 933. The summed E-state index contributed by atoms with van der Waals surface area (Å²) < 4.78 is 5.07. The summed E-state index contributed by atoms with van der Waals surface area (Å²) in [7, 11) is 0. The molecule has 1 aromatic carbocycles. The smallest absolute Gasteiger partial charge is 0.354 e. The molecule has 2 fully saturated rings. The first-order valence-corrected chi connectivity index (χ1v) is 10.5. The van der Waals surface area contributed by atoms with E-state index in [1.807, 2.05) is 30.3 Å². The Morgan fingerprint density at radius 1 is 1.13 bits per heavy atom. The number of anilines is 1. The fraction of sp³-hybridized carbons (Fsp3) is 0.476. The number of fused-ring (bicyclic) bond motifs is 1. The topological polar surface area (TPSA) is 103 Å². The molecule has 3 aliphatic rings. The standard InChI is InChI=1S/C21H25N5O5/c1-3-24-19(28)17-13-23(10-11-25(17)21(24)30)18(27)16-12-15(20(29)31-4-2)22-26(16)14-8-6-5-7-9-14/h5-9,16-17H,3-4,10-13H2,1-2H3. The number of piperazine rings is 1. The molecule has 0 aliphatic carbocycles. The molecule has 4 amide bonds. The zero-order valence-electron chi connectivity index (χ0n) is 17.6. The van der Waals surface area contributed by atoms with E-state index in [2.05, 4.69) is 5.10 Å². The van der Waals surface area contributed by atoms with Gasteiger partial charge in [-0.05, 0) is 26.0 Å². The molecule has 0 saturated carbocycles. The zero-order chi connectivity index (χ0) is 22.1. The first-order valence-electron chi connectivity index (χ1n) is 10.5. The Morgan fingerprint density at radius 2 is 1.87 bits per heavy atom. The number of imide groups is 1. The lowest BCUT2D eigenvalue weighted by atomic mass is 10.1. The van der Waals surface area contributed by atoms with Crippen LogP contribution in [0.1, 0.15) is 20.3 Å². The predicted octanol–water partition coefficient (Wildman–Crippen LogP) is 0.679. The van der Waals surface area contributed by atoms with Crippen molar-refractivity contribution in [1.82, 2.24) is 14.7 Å². The maximum Gasteiger partial charge on any atom is 0.354 e. The van der Waals surface area contributed by atoms with Crippen molar-refractivity contribution in [1.29, 1.82) is 0 Å². The molecule has 1 aromatic rings. The number of carbonyl (C=O) groups is 4. The van der Waals surface area contributed by atoms with Crippen molar-refractivity contribution >= 4 is 35.2 Å². The summed E-state index contributed by atoms with van der Waals surface area (Å²) in [6.07, 6.45) is 0.116. The summed E-state index contributed by atoms with van der Waals surface area (Å²) in [5, 5.41) is 5.92. The van der Waals surface area contributed by atoms with Crippen LogP contribution < -0.4 is 5.01 Å². The normalized spacial score (nSPS) is 23.2. The first kappa shape index (κ1) is 20.8. The SMILES string of the molecule is CCOC(=O)C1=NN(c2ccccc2)C(C(=O)N2CCN3C(=O)N(CC)C(=O)C3C2)C1. The van der Waals surface area contributed by atoms with Gasteiger partial charge in [-0.25, -0.2) is 9.59 Å². The molecule has 164 valence electrons. The van der Waals surface area contributed by atoms with Crippen LogP contribution in [-0.4, -0.2) is 89.1 Å². The number of ether oxygens (including phenoxy) is 1. The van der Waals surface area contributed by atoms with Gasteiger partial charge in [0.2, 0.25) is 5.91 Å². The highest BCUT2D eigenvalue weighted by molar-refractivity contribution is 6.38. The van der Waals surface area contributed by atoms with Crippen LogP contribution in [0.2, 0.25) is 0 Å². The number of nitrogens with zero attached hydrogens (tertiary/aromatic N) is 5. The minimum Gasteiger partial charge on any atom is -0.461 e. The lowest BCUT2D eigenvalue weighted by molar-refractivity contribution is -0.137. The largest absolute Gasteiger partial charge is 0.461 e. The molecular weight excluding hydrogens is 402 g/mol. The third kappa shape index (κ3) is 3.62. The van der Waals surface area contributed by atoms with E-state index in [1.54, 1.807) is 23.8 Å². The Morgan fingerprint density at radius 3 is 2.55 bits per heavy atom. The van der Waals surface area contributed by atoms with E-state index in [9.17, 15) is 19.2 Å². The summed E-state index contributed by atoms with van der Waals surface area (Å²) in [5.74, 6) is -1.06. The van der Waals surface area contributed by atoms with Crippen LogP contribution in [-0.2, 0) is 19.1 Å². The van der Waals surface area contributed by atoms with E-state index in [4.69, 9.17) is 4.74 Å². The van der Waals surface area contributed by atoms with Crippen LogP contribution in [0.3, 0.4) is 0 Å². The van der Waals surface area contributed by atoms with E-state index in [0.29, 0.717) is 25.3 Å². The number of para-hydroxylation sites is 1. The molecule has 31 heavy (non-hydrogen) atoms. The van der Waals surface area contributed by atoms with Crippen molar-refractivity contribution in [3.8, 4) is 0 Å². The quantitative estimate of drug-likeness (QED) is 0.506. The molecule has 3 heterocycles. The average molecular weight is 427 g/mol. The van der Waals surface area contributed by atoms with Crippen molar-refractivity contribution in [2.75, 3.05) is 37.8 Å². The molecule has 0 bridgehead atoms. The maximum absolute atomic E-state index is 13.5. The van der Waals surface area contributed by atoms with Crippen molar-refractivity contribution in [2.24, 2.45) is 5.10 Å². The van der Waals surface area contributed by atoms with Crippen molar-refractivity contribution in [2.45, 2.75) is 32.4 Å². The number of urea groups is 1. The maximum atomic E-state index is 13.5. The Hall–Kier alpha value is -3.43. The zero-order valence-corrected chi connectivity index (χ0v) is 17.6. The van der Waals surface area contributed by atoms with E-state index >= 15 is 0 Å². The fourth-order valence-corrected chi connectivity index (χ4v) is 4.21. The van der Waals surface area contributed by atoms with E-state index < -0.39 is 18.1 Å². The minimum absolute atomic E-state index is 0.116. The van der Waals surface area contributed by atoms with Gasteiger partial charge in [0.15, 0.2) is 0 Å². The molecule has 10 nitrogen and oxygen atoms in total. The van der Waals surface area contributed by atoms with Gasteiger partial charge in [-0.15, -0.1) is 0 Å². The Balaban J connectivity index is 1.55. The van der Waals surface area contributed by atoms with Crippen LogP contribution in [0.5, 0.6) is 0 Å². The summed E-state index contributed by atoms with van der Waals surface area (Å²) in [4.78, 5) is 55.1. The number of hydrogen-bond acceptors (Lipinski definition) is 7. The molecule has 2 saturated heterocycles. The van der Waals surface area contributed by atoms with E-state index in [1.165, 1.54) is 9.80 Å². The van der Waals surface area contributed by atoms with Crippen LogP contribution in [0.25, 0.3) is 0 Å². The summed E-state index contributed by atoms with van der Waals surface area (Å²) >= 11 is 0. The van der Waals surface area contributed by atoms with Gasteiger partial charge in [0, 0.05) is 26.1 Å². The second kappa shape index (κ2) is 8.37. The second-order valence-corrected chi connectivity index (χ2v) is 7.53. The fourth-order valence-electron chi connectivity index (χ4n) is 4.21. The van der Waals surface area contributed by atoms with Crippen LogP contribution >= 0.6 is 0 Å². The molecular formula is C21H25N5O5. The lowest BCUT2D eigenvalue weighted by Crippen LogP contribution is -2.57. The number of esters is 1. The molecule has 0 spiro atoms. The van der Waals surface area contributed by atoms with Gasteiger partial charge in [-0.1, -0.05) is 18.2 Å². The highest BCUT2D eigenvalue weighted by Gasteiger charge is 2.49. The van der Waals surface area contributed by atoms with Crippen LogP contribution in [0.4, 0.5) is 10.5 Å². The molecule has 2 atom stereocenters. The third-order valence-corrected chi connectivity index (χ3v) is 5.76. The second-order valence-electron chi connectivity index (χ2n) is 7.53. The van der Waals surface area contributed by atoms with Crippen molar-refractivity contribution in [3.63, 3.8) is 0 Å². The van der Waals surface area contributed by atoms with Gasteiger partial charge in [0.05, 0.1) is 18.8 Å². The Labute approximate surface area is 180 Å². The number of carbonyl (C=O) groups excluding carboxylic acids is 4. The number of benzene rings is 1. The Kier molecular flexibility index (Phi) is 5.62.